The van der Waals surface area contributed by atoms with E-state index >= 15 is 0 Å². The SMILES string of the molecule is CCCCCc1ccc(C2CCC(CC[C@H]3CC[C@H]([C@H]4CC[C@H](CCCCCF)CC4)CC3)CC2)cc1. The minimum absolute atomic E-state index is 0.120. The van der Waals surface area contributed by atoms with Gasteiger partial charge in [-0.05, 0) is 117 Å². The van der Waals surface area contributed by atoms with Gasteiger partial charge in [0.1, 0.15) is 0 Å². The zero-order valence-corrected chi connectivity index (χ0v) is 24.4. The lowest BCUT2D eigenvalue weighted by Crippen LogP contribution is -2.26. The van der Waals surface area contributed by atoms with Gasteiger partial charge < -0.3 is 0 Å². The second kappa shape index (κ2) is 16.3. The molecule has 0 unspecified atom stereocenters. The van der Waals surface area contributed by atoms with Gasteiger partial charge in [-0.15, -0.1) is 0 Å². The summed E-state index contributed by atoms with van der Waals surface area (Å²) in [5, 5.41) is 0. The van der Waals surface area contributed by atoms with Crippen molar-refractivity contribution in [3.63, 3.8) is 0 Å². The summed E-state index contributed by atoms with van der Waals surface area (Å²) in [6.07, 6.45) is 30.6. The van der Waals surface area contributed by atoms with Crippen LogP contribution >= 0.6 is 0 Å². The third-order valence-electron chi connectivity index (χ3n) is 11.0. The van der Waals surface area contributed by atoms with Crippen molar-refractivity contribution in [2.24, 2.45) is 29.6 Å². The summed E-state index contributed by atoms with van der Waals surface area (Å²) in [7, 11) is 0. The van der Waals surface area contributed by atoms with E-state index in [0.717, 1.165) is 48.3 Å². The van der Waals surface area contributed by atoms with Crippen LogP contribution in [0.15, 0.2) is 24.3 Å². The lowest BCUT2D eigenvalue weighted by Gasteiger charge is -2.38. The lowest BCUT2D eigenvalue weighted by atomic mass is 9.67. The van der Waals surface area contributed by atoms with Crippen LogP contribution in [0.25, 0.3) is 0 Å². The summed E-state index contributed by atoms with van der Waals surface area (Å²) in [6.45, 7) is 2.17. The maximum atomic E-state index is 12.3. The molecule has 0 aliphatic heterocycles. The van der Waals surface area contributed by atoms with Gasteiger partial charge in [-0.3, -0.25) is 4.39 Å². The zero-order chi connectivity index (χ0) is 25.7. The normalized spacial score (nSPS) is 30.9. The summed E-state index contributed by atoms with van der Waals surface area (Å²) in [6, 6.07) is 9.73. The van der Waals surface area contributed by atoms with Gasteiger partial charge in [0.05, 0.1) is 6.67 Å². The maximum Gasteiger partial charge on any atom is 0.0894 e. The summed E-state index contributed by atoms with van der Waals surface area (Å²) < 4.78 is 12.3. The molecule has 0 saturated heterocycles. The fraction of sp³-hybridized carbons (Fsp3) is 0.833. The van der Waals surface area contributed by atoms with Crippen LogP contribution in [0.1, 0.15) is 159 Å². The van der Waals surface area contributed by atoms with E-state index in [9.17, 15) is 4.39 Å². The minimum atomic E-state index is -0.120. The average Bonchev–Trinajstić information content (AvgIpc) is 2.96. The first-order chi connectivity index (χ1) is 18.2. The molecular weight excluding hydrogens is 451 g/mol. The van der Waals surface area contributed by atoms with Crippen LogP contribution in [-0.2, 0) is 6.42 Å². The molecule has 210 valence electrons. The Morgan fingerprint density at radius 2 is 1.11 bits per heavy atom. The Morgan fingerprint density at radius 3 is 1.65 bits per heavy atom. The second-order valence-corrected chi connectivity index (χ2v) is 13.6. The molecule has 1 aromatic carbocycles. The topological polar surface area (TPSA) is 0 Å². The molecule has 0 N–H and O–H groups in total. The molecule has 0 radical (unpaired) electrons. The van der Waals surface area contributed by atoms with Crippen molar-refractivity contribution >= 4 is 0 Å². The molecule has 1 aromatic rings. The van der Waals surface area contributed by atoms with Crippen molar-refractivity contribution in [3.8, 4) is 0 Å². The highest BCUT2D eigenvalue weighted by molar-refractivity contribution is 5.26. The number of rotatable bonds is 14. The fourth-order valence-corrected chi connectivity index (χ4v) is 8.39. The number of unbranched alkanes of at least 4 members (excludes halogenated alkanes) is 4. The highest BCUT2D eigenvalue weighted by Crippen LogP contribution is 2.44. The van der Waals surface area contributed by atoms with E-state index in [1.54, 1.807) is 5.56 Å². The summed E-state index contributed by atoms with van der Waals surface area (Å²) in [5.41, 5.74) is 3.15. The molecule has 0 atom stereocenters. The van der Waals surface area contributed by atoms with E-state index in [-0.39, 0.29) is 6.67 Å². The van der Waals surface area contributed by atoms with E-state index in [0.29, 0.717) is 0 Å². The molecule has 3 saturated carbocycles. The van der Waals surface area contributed by atoms with Crippen LogP contribution in [-0.4, -0.2) is 6.67 Å². The monoisotopic (exact) mass is 510 g/mol. The molecule has 1 heteroatoms. The van der Waals surface area contributed by atoms with Gasteiger partial charge in [-0.25, -0.2) is 0 Å². The molecule has 0 heterocycles. The maximum absolute atomic E-state index is 12.3. The van der Waals surface area contributed by atoms with Crippen molar-refractivity contribution in [2.45, 2.75) is 154 Å². The van der Waals surface area contributed by atoms with Crippen LogP contribution in [0.5, 0.6) is 0 Å². The van der Waals surface area contributed by atoms with Crippen LogP contribution in [0.2, 0.25) is 0 Å². The molecule has 3 fully saturated rings. The Hall–Kier alpha value is -0.850. The summed E-state index contributed by atoms with van der Waals surface area (Å²) in [5.74, 6) is 5.88. The Kier molecular flexibility index (Phi) is 12.8. The molecule has 0 amide bonds. The van der Waals surface area contributed by atoms with Crippen LogP contribution in [0, 0.1) is 29.6 Å². The fourth-order valence-electron chi connectivity index (χ4n) is 8.39. The highest BCUT2D eigenvalue weighted by atomic mass is 19.1. The predicted molar refractivity (Wildman–Crippen MR) is 159 cm³/mol. The zero-order valence-electron chi connectivity index (χ0n) is 24.4. The smallest absolute Gasteiger partial charge is 0.0894 e. The summed E-state index contributed by atoms with van der Waals surface area (Å²) >= 11 is 0. The standard InChI is InChI=1S/C36H59F/c1-2-3-5-8-29-12-20-33(21-13-29)35-24-16-31(17-25-35)10-11-32-18-26-36(27-19-32)34-22-14-30(15-23-34)9-6-4-7-28-37/h12-13,20-21,30-32,34-36H,2-11,14-19,22-28H2,1H3/t30-,31?,32-,34-,35?,36-. The van der Waals surface area contributed by atoms with Gasteiger partial charge in [-0.2, -0.15) is 0 Å². The van der Waals surface area contributed by atoms with Crippen LogP contribution < -0.4 is 0 Å². The molecule has 4 rings (SSSR count). The van der Waals surface area contributed by atoms with Gasteiger partial charge >= 0.3 is 0 Å². The first kappa shape index (κ1) is 29.1. The predicted octanol–water partition coefficient (Wildman–Crippen LogP) is 11.6. The van der Waals surface area contributed by atoms with Crippen molar-refractivity contribution in [1.82, 2.24) is 0 Å². The minimum Gasteiger partial charge on any atom is -0.251 e. The van der Waals surface area contributed by atoms with Crippen LogP contribution in [0.4, 0.5) is 4.39 Å². The Bertz CT molecular complexity index is 699. The third kappa shape index (κ3) is 9.69. The molecule has 0 spiro atoms. The molecular formula is C36H59F. The molecule has 0 bridgehead atoms. The quantitative estimate of drug-likeness (QED) is 0.218. The molecule has 0 aromatic heterocycles. The van der Waals surface area contributed by atoms with Crippen molar-refractivity contribution in [2.75, 3.05) is 6.67 Å². The largest absolute Gasteiger partial charge is 0.251 e. The van der Waals surface area contributed by atoms with E-state index in [4.69, 9.17) is 0 Å². The number of hydrogen-bond acceptors (Lipinski definition) is 0. The van der Waals surface area contributed by atoms with Gasteiger partial charge in [0.2, 0.25) is 0 Å². The van der Waals surface area contributed by atoms with E-state index < -0.39 is 0 Å². The van der Waals surface area contributed by atoms with Gasteiger partial charge in [0.25, 0.3) is 0 Å². The molecule has 37 heavy (non-hydrogen) atoms. The molecule has 3 aliphatic carbocycles. The Balaban J connectivity index is 1.06. The number of benzene rings is 1. The number of hydrogen-bond donors (Lipinski definition) is 0. The Labute approximate surface area is 230 Å². The second-order valence-electron chi connectivity index (χ2n) is 13.6. The van der Waals surface area contributed by atoms with Gasteiger partial charge in [0, 0.05) is 0 Å². The van der Waals surface area contributed by atoms with Crippen LogP contribution in [0.3, 0.4) is 0 Å². The van der Waals surface area contributed by atoms with E-state index in [1.165, 1.54) is 134 Å². The lowest BCUT2D eigenvalue weighted by molar-refractivity contribution is 0.136. The van der Waals surface area contributed by atoms with E-state index in [2.05, 4.69) is 31.2 Å². The van der Waals surface area contributed by atoms with Gasteiger partial charge in [0.15, 0.2) is 0 Å². The molecule has 3 aliphatic rings. The summed E-state index contributed by atoms with van der Waals surface area (Å²) in [4.78, 5) is 0. The Morgan fingerprint density at radius 1 is 0.568 bits per heavy atom. The van der Waals surface area contributed by atoms with Crippen molar-refractivity contribution < 1.29 is 4.39 Å². The first-order valence-corrected chi connectivity index (χ1v) is 16.9. The highest BCUT2D eigenvalue weighted by Gasteiger charge is 2.31. The molecule has 0 nitrogen and oxygen atoms in total. The first-order valence-electron chi connectivity index (χ1n) is 16.9. The van der Waals surface area contributed by atoms with Crippen molar-refractivity contribution in [3.05, 3.63) is 35.4 Å². The third-order valence-corrected chi connectivity index (χ3v) is 11.0. The van der Waals surface area contributed by atoms with Crippen molar-refractivity contribution in [1.29, 1.82) is 0 Å². The number of aryl methyl sites for hydroxylation is 1. The number of halogens is 1. The van der Waals surface area contributed by atoms with Gasteiger partial charge in [-0.1, -0.05) is 102 Å². The average molecular weight is 511 g/mol. The van der Waals surface area contributed by atoms with E-state index in [1.807, 2.05) is 0 Å². The number of alkyl halides is 1.